The third-order valence-corrected chi connectivity index (χ3v) is 4.71. The van der Waals surface area contributed by atoms with E-state index in [1.807, 2.05) is 55.4 Å². The van der Waals surface area contributed by atoms with Crippen molar-refractivity contribution < 1.29 is 4.79 Å². The summed E-state index contributed by atoms with van der Waals surface area (Å²) in [6.45, 7) is 0. The first-order valence-corrected chi connectivity index (χ1v) is 8.24. The number of pyridine rings is 1. The maximum absolute atomic E-state index is 12.6. The standard InChI is InChI=1S/C17H15N3OS2/c1-19(2)13-7-5-12(6-8-13)10-15-16(21)20(17(22)23-15)14-4-3-9-18-11-14/h3-11H,1-2H3/b15-10-. The van der Waals surface area contributed by atoms with Gasteiger partial charge in [-0.2, -0.15) is 0 Å². The zero-order chi connectivity index (χ0) is 16.4. The maximum Gasteiger partial charge on any atom is 0.270 e. The summed E-state index contributed by atoms with van der Waals surface area (Å²) in [7, 11) is 3.99. The van der Waals surface area contributed by atoms with Gasteiger partial charge < -0.3 is 4.90 Å². The van der Waals surface area contributed by atoms with Gasteiger partial charge in [-0.25, -0.2) is 0 Å². The molecule has 0 bridgehead atoms. The van der Waals surface area contributed by atoms with Crippen LogP contribution in [0.25, 0.3) is 6.08 Å². The summed E-state index contributed by atoms with van der Waals surface area (Å²) in [5, 5.41) is 0. The molecule has 0 aliphatic carbocycles. The number of hydrogen-bond acceptors (Lipinski definition) is 5. The smallest absolute Gasteiger partial charge is 0.270 e. The summed E-state index contributed by atoms with van der Waals surface area (Å²) in [5.41, 5.74) is 2.79. The number of thiocarbonyl (C=S) groups is 1. The highest BCUT2D eigenvalue weighted by atomic mass is 32.2. The van der Waals surface area contributed by atoms with Crippen LogP contribution in [0.4, 0.5) is 11.4 Å². The lowest BCUT2D eigenvalue weighted by Crippen LogP contribution is -2.27. The summed E-state index contributed by atoms with van der Waals surface area (Å²) in [6.07, 6.45) is 5.18. The number of nitrogens with zero attached hydrogens (tertiary/aromatic N) is 3. The molecule has 1 aliphatic heterocycles. The Morgan fingerprint density at radius 1 is 1.22 bits per heavy atom. The predicted octanol–water partition coefficient (Wildman–Crippen LogP) is 3.55. The summed E-state index contributed by atoms with van der Waals surface area (Å²) >= 11 is 6.65. The van der Waals surface area contributed by atoms with Crippen molar-refractivity contribution in [3.8, 4) is 0 Å². The lowest BCUT2D eigenvalue weighted by molar-refractivity contribution is -0.113. The number of carbonyl (C=O) groups excluding carboxylic acids is 1. The molecule has 2 aromatic rings. The third kappa shape index (κ3) is 3.28. The lowest BCUT2D eigenvalue weighted by Gasteiger charge is -2.13. The topological polar surface area (TPSA) is 36.4 Å². The molecule has 0 unspecified atom stereocenters. The monoisotopic (exact) mass is 341 g/mol. The molecular formula is C17H15N3OS2. The largest absolute Gasteiger partial charge is 0.378 e. The van der Waals surface area contributed by atoms with Gasteiger partial charge in [-0.05, 0) is 35.9 Å². The van der Waals surface area contributed by atoms with E-state index >= 15 is 0 Å². The molecule has 23 heavy (non-hydrogen) atoms. The molecular weight excluding hydrogens is 326 g/mol. The first kappa shape index (κ1) is 15.7. The molecule has 1 aromatic carbocycles. The van der Waals surface area contributed by atoms with E-state index < -0.39 is 0 Å². The van der Waals surface area contributed by atoms with Gasteiger partial charge in [0.15, 0.2) is 4.32 Å². The number of thioether (sulfide) groups is 1. The highest BCUT2D eigenvalue weighted by Crippen LogP contribution is 2.35. The van der Waals surface area contributed by atoms with Gasteiger partial charge in [0.1, 0.15) is 0 Å². The summed E-state index contributed by atoms with van der Waals surface area (Å²) in [4.78, 5) is 20.8. The van der Waals surface area contributed by atoms with E-state index in [2.05, 4.69) is 4.98 Å². The van der Waals surface area contributed by atoms with Crippen LogP contribution in [0.2, 0.25) is 0 Å². The van der Waals surface area contributed by atoms with Crippen LogP contribution in [0.1, 0.15) is 5.56 Å². The van der Waals surface area contributed by atoms with Gasteiger partial charge in [-0.3, -0.25) is 14.7 Å². The van der Waals surface area contributed by atoms with Gasteiger partial charge in [0.25, 0.3) is 5.91 Å². The van der Waals surface area contributed by atoms with Gasteiger partial charge in [0.2, 0.25) is 0 Å². The molecule has 3 rings (SSSR count). The minimum absolute atomic E-state index is 0.107. The molecule has 1 aromatic heterocycles. The lowest BCUT2D eigenvalue weighted by atomic mass is 10.2. The molecule has 0 radical (unpaired) electrons. The molecule has 1 fully saturated rings. The first-order chi connectivity index (χ1) is 11.1. The Kier molecular flexibility index (Phi) is 4.45. The highest BCUT2D eigenvalue weighted by Gasteiger charge is 2.33. The fraction of sp³-hybridized carbons (Fsp3) is 0.118. The Balaban J connectivity index is 1.87. The molecule has 2 heterocycles. The van der Waals surface area contributed by atoms with Crippen molar-refractivity contribution >= 4 is 51.7 Å². The van der Waals surface area contributed by atoms with E-state index in [0.717, 1.165) is 11.3 Å². The highest BCUT2D eigenvalue weighted by molar-refractivity contribution is 8.27. The third-order valence-electron chi connectivity index (χ3n) is 3.41. The van der Waals surface area contributed by atoms with Crippen LogP contribution in [0.3, 0.4) is 0 Å². The number of carbonyl (C=O) groups is 1. The fourth-order valence-electron chi connectivity index (χ4n) is 2.20. The second-order valence-electron chi connectivity index (χ2n) is 5.21. The van der Waals surface area contributed by atoms with Crippen LogP contribution in [0, 0.1) is 0 Å². The second kappa shape index (κ2) is 6.52. The van der Waals surface area contributed by atoms with Crippen molar-refractivity contribution in [2.75, 3.05) is 23.9 Å². The fourth-order valence-corrected chi connectivity index (χ4v) is 3.50. The minimum Gasteiger partial charge on any atom is -0.378 e. The van der Waals surface area contributed by atoms with Crippen molar-refractivity contribution in [1.29, 1.82) is 0 Å². The molecule has 4 nitrogen and oxygen atoms in total. The van der Waals surface area contributed by atoms with Crippen LogP contribution in [0.15, 0.2) is 53.7 Å². The average Bonchev–Trinajstić information content (AvgIpc) is 2.82. The van der Waals surface area contributed by atoms with Crippen LogP contribution in [0.5, 0.6) is 0 Å². The zero-order valence-electron chi connectivity index (χ0n) is 12.8. The van der Waals surface area contributed by atoms with Gasteiger partial charge in [0, 0.05) is 26.0 Å². The summed E-state index contributed by atoms with van der Waals surface area (Å²) in [6, 6.07) is 11.6. The van der Waals surface area contributed by atoms with Crippen molar-refractivity contribution in [2.24, 2.45) is 0 Å². The van der Waals surface area contributed by atoms with E-state index in [9.17, 15) is 4.79 Å². The average molecular weight is 341 g/mol. The number of benzene rings is 1. The van der Waals surface area contributed by atoms with Gasteiger partial charge in [0.05, 0.1) is 16.8 Å². The van der Waals surface area contributed by atoms with Crippen LogP contribution >= 0.6 is 24.0 Å². The van der Waals surface area contributed by atoms with Crippen molar-refractivity contribution in [1.82, 2.24) is 4.98 Å². The first-order valence-electron chi connectivity index (χ1n) is 7.01. The molecule has 1 aliphatic rings. The zero-order valence-corrected chi connectivity index (χ0v) is 14.4. The van der Waals surface area contributed by atoms with Gasteiger partial charge in [-0.1, -0.05) is 36.1 Å². The number of rotatable bonds is 3. The van der Waals surface area contributed by atoms with Crippen LogP contribution < -0.4 is 9.80 Å². The van der Waals surface area contributed by atoms with E-state index in [1.54, 1.807) is 18.5 Å². The normalized spacial score (nSPS) is 16.3. The number of hydrogen-bond donors (Lipinski definition) is 0. The maximum atomic E-state index is 12.6. The summed E-state index contributed by atoms with van der Waals surface area (Å²) < 4.78 is 0.527. The Labute approximate surface area is 144 Å². The molecule has 0 spiro atoms. The molecule has 0 N–H and O–H groups in total. The Morgan fingerprint density at radius 2 is 1.96 bits per heavy atom. The molecule has 0 saturated carbocycles. The van der Waals surface area contributed by atoms with E-state index in [0.29, 0.717) is 14.9 Å². The van der Waals surface area contributed by atoms with Crippen molar-refractivity contribution in [3.63, 3.8) is 0 Å². The second-order valence-corrected chi connectivity index (χ2v) is 6.89. The Bertz CT molecular complexity index is 770. The minimum atomic E-state index is -0.107. The molecule has 1 saturated heterocycles. The SMILES string of the molecule is CN(C)c1ccc(/C=C2\SC(=S)N(c3cccnc3)C2=O)cc1. The van der Waals surface area contributed by atoms with Gasteiger partial charge in [-0.15, -0.1) is 0 Å². The quantitative estimate of drug-likeness (QED) is 0.630. The van der Waals surface area contributed by atoms with Crippen molar-refractivity contribution in [3.05, 3.63) is 59.3 Å². The predicted molar refractivity (Wildman–Crippen MR) is 101 cm³/mol. The molecule has 0 atom stereocenters. The number of amides is 1. The van der Waals surface area contributed by atoms with E-state index in [-0.39, 0.29) is 5.91 Å². The number of aromatic nitrogens is 1. The van der Waals surface area contributed by atoms with Crippen LogP contribution in [-0.4, -0.2) is 29.3 Å². The summed E-state index contributed by atoms with van der Waals surface area (Å²) in [5.74, 6) is -0.107. The molecule has 6 heteroatoms. The van der Waals surface area contributed by atoms with Crippen LogP contribution in [-0.2, 0) is 4.79 Å². The Hall–Kier alpha value is -2.18. The van der Waals surface area contributed by atoms with E-state index in [4.69, 9.17) is 12.2 Å². The number of anilines is 2. The Morgan fingerprint density at radius 3 is 2.57 bits per heavy atom. The van der Waals surface area contributed by atoms with Gasteiger partial charge >= 0.3 is 0 Å². The molecule has 1 amide bonds. The van der Waals surface area contributed by atoms with Crippen molar-refractivity contribution in [2.45, 2.75) is 0 Å². The molecule has 116 valence electrons. The van der Waals surface area contributed by atoms with E-state index in [1.165, 1.54) is 16.7 Å².